The molecule has 0 aliphatic rings. The van der Waals surface area contributed by atoms with Gasteiger partial charge in [0, 0.05) is 5.57 Å². The van der Waals surface area contributed by atoms with Crippen LogP contribution in [-0.2, 0) is 19.2 Å². The van der Waals surface area contributed by atoms with Crippen molar-refractivity contribution in [2.75, 3.05) is 26.4 Å². The van der Waals surface area contributed by atoms with Crippen molar-refractivity contribution in [3.63, 3.8) is 0 Å². The largest absolute Gasteiger partial charge is 0.460 e. The van der Waals surface area contributed by atoms with Gasteiger partial charge in [-0.3, -0.25) is 0 Å². The Balaban J connectivity index is 1.92. The topological polar surface area (TPSA) is 54.0 Å². The fourth-order valence-corrected chi connectivity index (χ4v) is 1.10. The first-order valence-electron chi connectivity index (χ1n) is 5.95. The van der Waals surface area contributed by atoms with Gasteiger partial charge in [0.25, 0.3) is 0 Å². The van der Waals surface area contributed by atoms with Crippen molar-refractivity contribution in [2.45, 2.75) is 6.92 Å². The van der Waals surface area contributed by atoms with Crippen LogP contribution in [0.2, 0.25) is 0 Å². The number of ether oxygens (including phenoxy) is 2. The van der Waals surface area contributed by atoms with Crippen molar-refractivity contribution in [2.24, 2.45) is 0 Å². The molecule has 0 atom stereocenters. The van der Waals surface area contributed by atoms with Crippen LogP contribution in [0.15, 0.2) is 42.5 Å². The van der Waals surface area contributed by atoms with Gasteiger partial charge in [0.2, 0.25) is 0 Å². The average Bonchev–Trinajstić information content (AvgIpc) is 2.42. The van der Waals surface area contributed by atoms with Gasteiger partial charge in [-0.25, -0.2) is 4.79 Å². The minimum absolute atomic E-state index is 0.200. The summed E-state index contributed by atoms with van der Waals surface area (Å²) in [6, 6.07) is 9.17. The number of esters is 1. The van der Waals surface area contributed by atoms with Crippen molar-refractivity contribution in [1.29, 1.82) is 0 Å². The second kappa shape index (κ2) is 9.13. The molecule has 0 aliphatic heterocycles. The molecule has 0 spiro atoms. The Labute approximate surface area is 112 Å². The second-order valence-electron chi connectivity index (χ2n) is 3.75. The van der Waals surface area contributed by atoms with E-state index >= 15 is 0 Å². The van der Waals surface area contributed by atoms with Crippen molar-refractivity contribution in [3.8, 4) is 5.75 Å². The molecule has 0 heterocycles. The molecule has 0 N–H and O–H groups in total. The Bertz CT molecular complexity index is 388. The van der Waals surface area contributed by atoms with Crippen molar-refractivity contribution >= 4 is 5.97 Å². The van der Waals surface area contributed by atoms with E-state index in [4.69, 9.17) is 19.2 Å². The maximum atomic E-state index is 11.0. The van der Waals surface area contributed by atoms with Crippen LogP contribution < -0.4 is 4.89 Å². The zero-order valence-electron chi connectivity index (χ0n) is 11.0. The second-order valence-corrected chi connectivity index (χ2v) is 3.75. The van der Waals surface area contributed by atoms with E-state index in [-0.39, 0.29) is 6.61 Å². The first kappa shape index (κ1) is 15.2. The average molecular weight is 266 g/mol. The fraction of sp³-hybridized carbons (Fsp3) is 0.357. The first-order chi connectivity index (χ1) is 9.20. The van der Waals surface area contributed by atoms with Gasteiger partial charge < -0.3 is 14.4 Å². The van der Waals surface area contributed by atoms with E-state index in [2.05, 4.69) is 6.58 Å². The summed E-state index contributed by atoms with van der Waals surface area (Å²) in [5.74, 6) is 0.227. The SMILES string of the molecule is C=C(C)C(=O)OCCOCCOOc1ccccc1. The summed E-state index contributed by atoms with van der Waals surface area (Å²) >= 11 is 0. The van der Waals surface area contributed by atoms with E-state index in [0.29, 0.717) is 31.1 Å². The molecule has 0 aliphatic carbocycles. The number of carbonyl (C=O) groups excluding carboxylic acids is 1. The molecule has 104 valence electrons. The molecule has 0 radical (unpaired) electrons. The molecule has 0 saturated carbocycles. The number of para-hydroxylation sites is 1. The predicted octanol–water partition coefficient (Wildman–Crippen LogP) is 2.13. The Hall–Kier alpha value is -1.85. The van der Waals surface area contributed by atoms with E-state index in [1.165, 1.54) is 0 Å². The van der Waals surface area contributed by atoms with Crippen LogP contribution in [0.25, 0.3) is 0 Å². The molecule has 1 aromatic carbocycles. The number of benzene rings is 1. The fourth-order valence-electron chi connectivity index (χ4n) is 1.10. The van der Waals surface area contributed by atoms with Crippen LogP contribution in [0.4, 0.5) is 0 Å². The van der Waals surface area contributed by atoms with Gasteiger partial charge in [0.1, 0.15) is 13.2 Å². The lowest BCUT2D eigenvalue weighted by Crippen LogP contribution is -2.13. The lowest BCUT2D eigenvalue weighted by Gasteiger charge is -2.06. The molecule has 0 unspecified atom stereocenters. The van der Waals surface area contributed by atoms with Crippen LogP contribution in [0.3, 0.4) is 0 Å². The van der Waals surface area contributed by atoms with Gasteiger partial charge in [0.05, 0.1) is 13.2 Å². The molecule has 1 rings (SSSR count). The van der Waals surface area contributed by atoms with Gasteiger partial charge >= 0.3 is 5.97 Å². The number of hydrogen-bond acceptors (Lipinski definition) is 5. The molecule has 19 heavy (non-hydrogen) atoms. The van der Waals surface area contributed by atoms with Gasteiger partial charge in [-0.05, 0) is 19.1 Å². The molecule has 5 nitrogen and oxygen atoms in total. The molecular formula is C14H18O5. The third-order valence-corrected chi connectivity index (χ3v) is 2.02. The summed E-state index contributed by atoms with van der Waals surface area (Å²) in [6.45, 7) is 6.23. The lowest BCUT2D eigenvalue weighted by molar-refractivity contribution is -0.215. The lowest BCUT2D eigenvalue weighted by atomic mass is 10.3. The number of carbonyl (C=O) groups is 1. The Kier molecular flexibility index (Phi) is 7.31. The summed E-state index contributed by atoms with van der Waals surface area (Å²) < 4.78 is 10.0. The molecule has 5 heteroatoms. The summed E-state index contributed by atoms with van der Waals surface area (Å²) in [5.41, 5.74) is 0.375. The quantitative estimate of drug-likeness (QED) is 0.225. The van der Waals surface area contributed by atoms with E-state index < -0.39 is 5.97 Å². The molecule has 0 bridgehead atoms. The van der Waals surface area contributed by atoms with Crippen LogP contribution in [0.5, 0.6) is 5.75 Å². The molecular weight excluding hydrogens is 248 g/mol. The predicted molar refractivity (Wildman–Crippen MR) is 69.6 cm³/mol. The highest BCUT2D eigenvalue weighted by atomic mass is 17.2. The van der Waals surface area contributed by atoms with E-state index in [1.54, 1.807) is 19.1 Å². The molecule has 0 amide bonds. The molecule has 0 fully saturated rings. The highest BCUT2D eigenvalue weighted by Gasteiger charge is 2.01. The maximum Gasteiger partial charge on any atom is 0.333 e. The van der Waals surface area contributed by atoms with Gasteiger partial charge in [-0.2, -0.15) is 4.89 Å². The Morgan fingerprint density at radius 2 is 1.79 bits per heavy atom. The highest BCUT2D eigenvalue weighted by molar-refractivity contribution is 5.86. The first-order valence-corrected chi connectivity index (χ1v) is 5.95. The smallest absolute Gasteiger partial charge is 0.333 e. The Morgan fingerprint density at radius 1 is 1.11 bits per heavy atom. The number of hydrogen-bond donors (Lipinski definition) is 0. The van der Waals surface area contributed by atoms with E-state index in [9.17, 15) is 4.79 Å². The minimum atomic E-state index is -0.410. The van der Waals surface area contributed by atoms with Crippen molar-refractivity contribution in [3.05, 3.63) is 42.5 Å². The van der Waals surface area contributed by atoms with Crippen molar-refractivity contribution in [1.82, 2.24) is 0 Å². The van der Waals surface area contributed by atoms with Gasteiger partial charge in [-0.15, -0.1) is 0 Å². The third kappa shape index (κ3) is 7.23. The maximum absolute atomic E-state index is 11.0. The van der Waals surface area contributed by atoms with Crippen LogP contribution >= 0.6 is 0 Å². The van der Waals surface area contributed by atoms with Crippen molar-refractivity contribution < 1.29 is 24.0 Å². The molecule has 1 aromatic rings. The van der Waals surface area contributed by atoms with Crippen LogP contribution in [-0.4, -0.2) is 32.4 Å². The summed E-state index contributed by atoms with van der Waals surface area (Å²) in [6.07, 6.45) is 0. The van der Waals surface area contributed by atoms with Crippen LogP contribution in [0, 0.1) is 0 Å². The zero-order chi connectivity index (χ0) is 13.9. The third-order valence-electron chi connectivity index (χ3n) is 2.02. The van der Waals surface area contributed by atoms with Gasteiger partial charge in [-0.1, -0.05) is 24.8 Å². The highest BCUT2D eigenvalue weighted by Crippen LogP contribution is 2.07. The summed E-state index contributed by atoms with van der Waals surface area (Å²) in [7, 11) is 0. The monoisotopic (exact) mass is 266 g/mol. The Morgan fingerprint density at radius 3 is 2.47 bits per heavy atom. The minimum Gasteiger partial charge on any atom is -0.460 e. The van der Waals surface area contributed by atoms with Crippen LogP contribution in [0.1, 0.15) is 6.92 Å². The van der Waals surface area contributed by atoms with E-state index in [0.717, 1.165) is 0 Å². The van der Waals surface area contributed by atoms with Gasteiger partial charge in [0.15, 0.2) is 5.75 Å². The molecule has 0 aromatic heterocycles. The van der Waals surface area contributed by atoms with E-state index in [1.807, 2.05) is 18.2 Å². The molecule has 0 saturated heterocycles. The standard InChI is InChI=1S/C14H18O5/c1-12(2)14(15)17-10-8-16-9-11-18-19-13-6-4-3-5-7-13/h3-7H,1,8-11H2,2H3. The summed E-state index contributed by atoms with van der Waals surface area (Å²) in [5, 5.41) is 0. The normalized spacial score (nSPS) is 9.95. The number of rotatable bonds is 9. The zero-order valence-corrected chi connectivity index (χ0v) is 11.0. The summed E-state index contributed by atoms with van der Waals surface area (Å²) in [4.78, 5) is 21.0.